The molecule has 2 aromatic carbocycles. The molecule has 9 rings (SSSR count). The van der Waals surface area contributed by atoms with Gasteiger partial charge in [-0.25, -0.2) is 0 Å². The fourth-order valence-electron chi connectivity index (χ4n) is 11.4. The van der Waals surface area contributed by atoms with Crippen LogP contribution in [0.3, 0.4) is 0 Å². The minimum atomic E-state index is -0.822. The maximum Gasteiger partial charge on any atom is 0.189 e. The summed E-state index contributed by atoms with van der Waals surface area (Å²) in [6.45, 7) is 7.22. The third kappa shape index (κ3) is 3.53. The molecule has 1 aliphatic heterocycles. The number of benzene rings is 2. The number of carbonyl (C=O) groups is 1. The van der Waals surface area contributed by atoms with Crippen molar-refractivity contribution >= 4 is 5.78 Å². The van der Waals surface area contributed by atoms with E-state index in [-0.39, 0.29) is 34.1 Å². The molecule has 2 spiro atoms. The van der Waals surface area contributed by atoms with Gasteiger partial charge in [0.2, 0.25) is 0 Å². The van der Waals surface area contributed by atoms with Gasteiger partial charge in [-0.05, 0) is 97.6 Å². The number of methoxy groups -OCH3 is 1. The summed E-state index contributed by atoms with van der Waals surface area (Å²) in [7, 11) is 1.65. The summed E-state index contributed by atoms with van der Waals surface area (Å²) in [6.07, 6.45) is 12.8. The normalized spacial score (nSPS) is 42.5. The average molecular weight is 580 g/mol. The molecule has 226 valence electrons. The van der Waals surface area contributed by atoms with Gasteiger partial charge in [-0.15, -0.1) is 0 Å². The van der Waals surface area contributed by atoms with Gasteiger partial charge in [-0.1, -0.05) is 56.3 Å². The zero-order valence-corrected chi connectivity index (χ0v) is 25.8. The molecule has 1 heterocycles. The fourth-order valence-corrected chi connectivity index (χ4v) is 11.4. The molecule has 0 amide bonds. The molecule has 3 saturated carbocycles. The van der Waals surface area contributed by atoms with Crippen LogP contribution in [0, 0.1) is 33.5 Å². The average Bonchev–Trinajstić information content (AvgIpc) is 3.53. The van der Waals surface area contributed by atoms with Gasteiger partial charge in [0, 0.05) is 47.0 Å². The van der Waals surface area contributed by atoms with Crippen molar-refractivity contribution in [2.24, 2.45) is 33.5 Å². The van der Waals surface area contributed by atoms with Crippen LogP contribution in [0.5, 0.6) is 5.75 Å². The van der Waals surface area contributed by atoms with E-state index in [0.29, 0.717) is 24.4 Å². The number of hydrogen-bond donors (Lipinski definition) is 2. The molecular formula is C38H45NO4. The number of β-amino-alcohol motifs (C(OH)–C–C–N with tert-alkyl or cyclic N) is 1. The molecule has 5 nitrogen and oxygen atoms in total. The second kappa shape index (κ2) is 9.15. The minimum Gasteiger partial charge on any atom is -0.497 e. The maximum atomic E-state index is 14.7. The van der Waals surface area contributed by atoms with E-state index >= 15 is 0 Å². The fraction of sp³-hybridized carbons (Fsp3) is 0.553. The first-order chi connectivity index (χ1) is 20.6. The number of aliphatic hydroxyl groups excluding tert-OH is 1. The number of Topliss-reactive ketones (excluding diaryl/α,β-unsaturated/α-hetero) is 1. The molecule has 7 aliphatic rings. The highest BCUT2D eigenvalue weighted by Crippen LogP contribution is 2.78. The van der Waals surface area contributed by atoms with Crippen molar-refractivity contribution in [3.63, 3.8) is 0 Å². The molecule has 2 aromatic rings. The predicted octanol–water partition coefficient (Wildman–Crippen LogP) is 6.48. The summed E-state index contributed by atoms with van der Waals surface area (Å²) in [5.41, 5.74) is 2.42. The van der Waals surface area contributed by atoms with Crippen LogP contribution in [-0.4, -0.2) is 46.3 Å². The first-order valence-corrected chi connectivity index (χ1v) is 16.4. The Balaban J connectivity index is 1.22. The van der Waals surface area contributed by atoms with Gasteiger partial charge < -0.3 is 14.9 Å². The first-order valence-electron chi connectivity index (χ1n) is 16.4. The van der Waals surface area contributed by atoms with E-state index < -0.39 is 11.0 Å². The van der Waals surface area contributed by atoms with Gasteiger partial charge in [0.1, 0.15) is 5.75 Å². The van der Waals surface area contributed by atoms with E-state index in [1.807, 2.05) is 24.3 Å². The molecule has 5 heteroatoms. The summed E-state index contributed by atoms with van der Waals surface area (Å²) in [5.74, 6) is 1.30. The molecule has 3 fully saturated rings. The number of aliphatic hydroxyl groups is 2. The van der Waals surface area contributed by atoms with Crippen molar-refractivity contribution in [3.05, 3.63) is 89.0 Å². The number of ketones is 1. The highest BCUT2D eigenvalue weighted by Gasteiger charge is 2.74. The SMILES string of the molecule is COc1ccc(C(=O)C2=CC34C=CC25C(CCC2(C)C5CCC2(O)CN2Cc5ccccc5C2)C3(C)CCC(O)C4)cc1. The number of ether oxygens (including phenoxy) is 1. The van der Waals surface area contributed by atoms with Crippen molar-refractivity contribution in [1.29, 1.82) is 0 Å². The van der Waals surface area contributed by atoms with Gasteiger partial charge in [-0.3, -0.25) is 9.69 Å². The van der Waals surface area contributed by atoms with E-state index in [1.54, 1.807) is 7.11 Å². The zero-order chi connectivity index (χ0) is 29.8. The van der Waals surface area contributed by atoms with Crippen LogP contribution in [0.25, 0.3) is 0 Å². The number of hydrogen-bond acceptors (Lipinski definition) is 5. The second-order valence-corrected chi connectivity index (χ2v) is 15.3. The van der Waals surface area contributed by atoms with Crippen LogP contribution in [0.1, 0.15) is 80.3 Å². The summed E-state index contributed by atoms with van der Waals surface area (Å²) < 4.78 is 5.39. The van der Waals surface area contributed by atoms with E-state index in [1.165, 1.54) is 11.1 Å². The van der Waals surface area contributed by atoms with Gasteiger partial charge in [0.25, 0.3) is 0 Å². The summed E-state index contributed by atoms with van der Waals surface area (Å²) in [5, 5.41) is 23.6. The zero-order valence-electron chi connectivity index (χ0n) is 25.8. The monoisotopic (exact) mass is 579 g/mol. The maximum absolute atomic E-state index is 14.7. The summed E-state index contributed by atoms with van der Waals surface area (Å²) in [4.78, 5) is 17.1. The molecular weight excluding hydrogens is 534 g/mol. The van der Waals surface area contributed by atoms with E-state index in [4.69, 9.17) is 4.74 Å². The largest absolute Gasteiger partial charge is 0.497 e. The van der Waals surface area contributed by atoms with Gasteiger partial charge in [0.15, 0.2) is 5.78 Å². The Morgan fingerprint density at radius 2 is 1.56 bits per heavy atom. The summed E-state index contributed by atoms with van der Waals surface area (Å²) in [6, 6.07) is 16.2. The third-order valence-electron chi connectivity index (χ3n) is 13.7. The molecule has 2 N–H and O–H groups in total. The van der Waals surface area contributed by atoms with E-state index in [2.05, 4.69) is 61.2 Å². The molecule has 0 aromatic heterocycles. The third-order valence-corrected chi connectivity index (χ3v) is 13.7. The van der Waals surface area contributed by atoms with Gasteiger partial charge >= 0.3 is 0 Å². The van der Waals surface area contributed by atoms with Crippen molar-refractivity contribution < 1.29 is 19.7 Å². The molecule has 43 heavy (non-hydrogen) atoms. The standard InChI is InChI=1S/C38H45NO4/c1-34-15-12-28(40)20-36(34)18-19-38(30(21-36)33(41)25-8-10-29(43-3)11-9-25)31(34)13-16-35(2)32(38)14-17-37(35,42)24-39-22-26-6-4-5-7-27(26)23-39/h4-11,18-19,21,28,31-32,40,42H,12-17,20,22-24H2,1-3H3. The Bertz CT molecular complexity index is 1520. The topological polar surface area (TPSA) is 70.0 Å². The lowest BCUT2D eigenvalue weighted by molar-refractivity contribution is -0.176. The van der Waals surface area contributed by atoms with Crippen LogP contribution < -0.4 is 4.74 Å². The highest BCUT2D eigenvalue weighted by atomic mass is 16.5. The predicted molar refractivity (Wildman–Crippen MR) is 166 cm³/mol. The lowest BCUT2D eigenvalue weighted by Crippen LogP contribution is -2.67. The lowest BCUT2D eigenvalue weighted by Gasteiger charge is -2.71. The number of fused-ring (bicyclic) bond motifs is 2. The highest BCUT2D eigenvalue weighted by molar-refractivity contribution is 6.10. The van der Waals surface area contributed by atoms with Crippen molar-refractivity contribution in [3.8, 4) is 5.75 Å². The number of nitrogens with zero attached hydrogens (tertiary/aromatic N) is 1. The van der Waals surface area contributed by atoms with Gasteiger partial charge in [-0.2, -0.15) is 0 Å². The lowest BCUT2D eigenvalue weighted by atomic mass is 9.32. The first kappa shape index (κ1) is 27.8. The second-order valence-electron chi connectivity index (χ2n) is 15.3. The van der Waals surface area contributed by atoms with Crippen LogP contribution in [-0.2, 0) is 13.1 Å². The minimum absolute atomic E-state index is 0.0245. The molecule has 8 unspecified atom stereocenters. The Kier molecular flexibility index (Phi) is 5.92. The molecule has 8 atom stereocenters. The van der Waals surface area contributed by atoms with E-state index in [9.17, 15) is 15.0 Å². The van der Waals surface area contributed by atoms with Crippen LogP contribution >= 0.6 is 0 Å². The Morgan fingerprint density at radius 3 is 2.26 bits per heavy atom. The van der Waals surface area contributed by atoms with Crippen molar-refractivity contribution in [1.82, 2.24) is 4.90 Å². The van der Waals surface area contributed by atoms with Crippen molar-refractivity contribution in [2.45, 2.75) is 83.6 Å². The van der Waals surface area contributed by atoms with Crippen molar-refractivity contribution in [2.75, 3.05) is 13.7 Å². The Hall–Kier alpha value is -2.73. The smallest absolute Gasteiger partial charge is 0.189 e. The van der Waals surface area contributed by atoms with Crippen LogP contribution in [0.2, 0.25) is 0 Å². The molecule has 2 bridgehead atoms. The molecule has 0 saturated heterocycles. The van der Waals surface area contributed by atoms with Crippen LogP contribution in [0.15, 0.2) is 72.3 Å². The summed E-state index contributed by atoms with van der Waals surface area (Å²) >= 11 is 0. The Morgan fingerprint density at radius 1 is 0.907 bits per heavy atom. The number of rotatable bonds is 5. The molecule has 0 radical (unpaired) electrons. The van der Waals surface area contributed by atoms with E-state index in [0.717, 1.165) is 62.9 Å². The quantitative estimate of drug-likeness (QED) is 0.313. The number of carbonyl (C=O) groups excluding carboxylic acids is 1. The molecule has 6 aliphatic carbocycles. The Labute approximate surface area is 255 Å². The van der Waals surface area contributed by atoms with Gasteiger partial charge in [0.05, 0.1) is 18.8 Å². The van der Waals surface area contributed by atoms with Crippen LogP contribution in [0.4, 0.5) is 0 Å². The number of allylic oxidation sites excluding steroid dienone is 4.